The summed E-state index contributed by atoms with van der Waals surface area (Å²) in [7, 11) is 2.14. The van der Waals surface area contributed by atoms with E-state index in [0.29, 0.717) is 0 Å². The largest absolute Gasteiger partial charge is 0.325 e. The number of likely N-dealkylation sites (N-methyl/N-ethyl adjacent to an activating group) is 1. The summed E-state index contributed by atoms with van der Waals surface area (Å²) in [6.45, 7) is 8.06. The Morgan fingerprint density at radius 1 is 1.54 bits per heavy atom. The van der Waals surface area contributed by atoms with Crippen molar-refractivity contribution >= 4 is 0 Å². The van der Waals surface area contributed by atoms with Crippen molar-refractivity contribution in [2.24, 2.45) is 5.73 Å². The smallest absolute Gasteiger partial charge is 0.0184 e. The summed E-state index contributed by atoms with van der Waals surface area (Å²) in [5.74, 6) is 0. The molecule has 1 aliphatic rings. The average Bonchev–Trinajstić information content (AvgIpc) is 1.96. The summed E-state index contributed by atoms with van der Waals surface area (Å²) < 4.78 is 0. The molecule has 0 aromatic rings. The molecular weight excluding hydrogens is 160 g/mol. The molecule has 0 bridgehead atoms. The van der Waals surface area contributed by atoms with Crippen molar-refractivity contribution in [1.82, 2.24) is 4.90 Å². The molecule has 1 rings (SSSR count). The summed E-state index contributed by atoms with van der Waals surface area (Å²) in [5, 5.41) is 0. The van der Waals surface area contributed by atoms with Gasteiger partial charge in [-0.15, -0.1) is 0 Å². The van der Waals surface area contributed by atoms with Gasteiger partial charge in [-0.2, -0.15) is 0 Å². The summed E-state index contributed by atoms with van der Waals surface area (Å²) >= 11 is 0. The molecule has 0 unspecified atom stereocenters. The van der Waals surface area contributed by atoms with Crippen molar-refractivity contribution in [2.75, 3.05) is 20.1 Å². The van der Waals surface area contributed by atoms with Crippen LogP contribution in [0.2, 0.25) is 0 Å². The molecule has 0 radical (unpaired) electrons. The number of rotatable bonds is 5. The van der Waals surface area contributed by atoms with E-state index in [1.165, 1.54) is 24.8 Å². The van der Waals surface area contributed by atoms with E-state index in [1.54, 1.807) is 0 Å². The van der Waals surface area contributed by atoms with Crippen molar-refractivity contribution in [3.8, 4) is 0 Å². The Kier molecular flexibility index (Phi) is 3.51. The van der Waals surface area contributed by atoms with E-state index >= 15 is 0 Å². The van der Waals surface area contributed by atoms with Crippen LogP contribution in [0.4, 0.5) is 0 Å². The zero-order valence-corrected chi connectivity index (χ0v) is 8.97. The van der Waals surface area contributed by atoms with Crippen molar-refractivity contribution in [3.05, 3.63) is 12.2 Å². The molecule has 76 valence electrons. The van der Waals surface area contributed by atoms with Gasteiger partial charge in [0.25, 0.3) is 0 Å². The van der Waals surface area contributed by atoms with Crippen LogP contribution in [0, 0.1) is 0 Å². The molecular formula is C11H22N2. The molecule has 1 aliphatic carbocycles. The van der Waals surface area contributed by atoms with Crippen LogP contribution in [0.1, 0.15) is 32.6 Å². The zero-order chi connectivity index (χ0) is 9.90. The number of hydrogen-bond acceptors (Lipinski definition) is 2. The number of nitrogens with two attached hydrogens (primary N) is 1. The lowest BCUT2D eigenvalue weighted by atomic mass is 9.75. The van der Waals surface area contributed by atoms with E-state index in [9.17, 15) is 0 Å². The fraction of sp³-hybridized carbons (Fsp3) is 0.818. The maximum Gasteiger partial charge on any atom is 0.0184 e. The third kappa shape index (κ3) is 3.49. The number of nitrogens with zero attached hydrogens (tertiary/aromatic N) is 1. The monoisotopic (exact) mass is 182 g/mol. The van der Waals surface area contributed by atoms with Gasteiger partial charge < -0.3 is 10.6 Å². The second kappa shape index (κ2) is 4.25. The van der Waals surface area contributed by atoms with Gasteiger partial charge in [-0.1, -0.05) is 12.2 Å². The fourth-order valence-corrected chi connectivity index (χ4v) is 1.83. The first-order chi connectivity index (χ1) is 6.02. The average molecular weight is 182 g/mol. The lowest BCUT2D eigenvalue weighted by Crippen LogP contribution is -2.48. The molecule has 0 aromatic carbocycles. The van der Waals surface area contributed by atoms with Gasteiger partial charge in [-0.05, 0) is 46.2 Å². The van der Waals surface area contributed by atoms with Gasteiger partial charge in [0.2, 0.25) is 0 Å². The van der Waals surface area contributed by atoms with Crippen molar-refractivity contribution in [1.29, 1.82) is 0 Å². The van der Waals surface area contributed by atoms with Crippen molar-refractivity contribution in [3.63, 3.8) is 0 Å². The summed E-state index contributed by atoms with van der Waals surface area (Å²) in [4.78, 5) is 2.30. The van der Waals surface area contributed by atoms with Crippen LogP contribution in [-0.4, -0.2) is 30.6 Å². The predicted molar refractivity (Wildman–Crippen MR) is 57.7 cm³/mol. The molecule has 0 aliphatic heterocycles. The molecule has 2 nitrogen and oxygen atoms in total. The van der Waals surface area contributed by atoms with Crippen LogP contribution in [0.15, 0.2) is 12.2 Å². The highest BCUT2D eigenvalue weighted by molar-refractivity contribution is 4.95. The van der Waals surface area contributed by atoms with Crippen LogP contribution in [0.5, 0.6) is 0 Å². The SMILES string of the molecule is C=C(C)CN(C)CCC1(N)CCC1. The van der Waals surface area contributed by atoms with E-state index in [0.717, 1.165) is 19.5 Å². The Balaban J connectivity index is 2.14. The minimum absolute atomic E-state index is 0.170. The van der Waals surface area contributed by atoms with Crippen molar-refractivity contribution < 1.29 is 0 Å². The van der Waals surface area contributed by atoms with E-state index in [1.807, 2.05) is 0 Å². The summed E-state index contributed by atoms with van der Waals surface area (Å²) in [6.07, 6.45) is 4.89. The summed E-state index contributed by atoms with van der Waals surface area (Å²) in [5.41, 5.74) is 7.53. The topological polar surface area (TPSA) is 29.3 Å². The molecule has 1 fully saturated rings. The highest BCUT2D eigenvalue weighted by Gasteiger charge is 2.31. The standard InChI is InChI=1S/C11H22N2/c1-10(2)9-13(3)8-7-11(12)5-4-6-11/h1,4-9,12H2,2-3H3. The predicted octanol–water partition coefficient (Wildman–Crippen LogP) is 1.77. The lowest BCUT2D eigenvalue weighted by Gasteiger charge is -2.39. The Morgan fingerprint density at radius 2 is 2.15 bits per heavy atom. The molecule has 0 atom stereocenters. The second-order valence-electron chi connectivity index (χ2n) is 4.66. The van der Waals surface area contributed by atoms with Crippen molar-refractivity contribution in [2.45, 2.75) is 38.1 Å². The van der Waals surface area contributed by atoms with Gasteiger partial charge in [0.05, 0.1) is 0 Å². The van der Waals surface area contributed by atoms with Crippen LogP contribution in [0.3, 0.4) is 0 Å². The van der Waals surface area contributed by atoms with E-state index in [4.69, 9.17) is 5.73 Å². The van der Waals surface area contributed by atoms with Crippen LogP contribution in [-0.2, 0) is 0 Å². The fourth-order valence-electron chi connectivity index (χ4n) is 1.83. The maximum atomic E-state index is 6.13. The zero-order valence-electron chi connectivity index (χ0n) is 8.97. The van der Waals surface area contributed by atoms with Crippen LogP contribution in [0.25, 0.3) is 0 Å². The highest BCUT2D eigenvalue weighted by Crippen LogP contribution is 2.31. The first-order valence-electron chi connectivity index (χ1n) is 5.14. The first kappa shape index (κ1) is 10.7. The van der Waals surface area contributed by atoms with Gasteiger partial charge in [-0.3, -0.25) is 0 Å². The van der Waals surface area contributed by atoms with Crippen LogP contribution < -0.4 is 5.73 Å². The molecule has 0 spiro atoms. The summed E-state index contributed by atoms with van der Waals surface area (Å²) in [6, 6.07) is 0. The molecule has 2 heteroatoms. The molecule has 0 aromatic heterocycles. The maximum absolute atomic E-state index is 6.13. The molecule has 0 heterocycles. The van der Waals surface area contributed by atoms with Gasteiger partial charge in [-0.25, -0.2) is 0 Å². The first-order valence-corrected chi connectivity index (χ1v) is 5.14. The molecule has 2 N–H and O–H groups in total. The van der Waals surface area contributed by atoms with Gasteiger partial charge in [0.1, 0.15) is 0 Å². The quantitative estimate of drug-likeness (QED) is 0.657. The Morgan fingerprint density at radius 3 is 2.54 bits per heavy atom. The van der Waals surface area contributed by atoms with Gasteiger partial charge >= 0.3 is 0 Å². The minimum Gasteiger partial charge on any atom is -0.325 e. The van der Waals surface area contributed by atoms with Gasteiger partial charge in [0.15, 0.2) is 0 Å². The molecule has 1 saturated carbocycles. The number of hydrogen-bond donors (Lipinski definition) is 1. The third-order valence-electron chi connectivity index (χ3n) is 2.88. The lowest BCUT2D eigenvalue weighted by molar-refractivity contribution is 0.201. The normalized spacial score (nSPS) is 20.0. The Labute approximate surface area is 81.8 Å². The molecule has 0 saturated heterocycles. The van der Waals surface area contributed by atoms with E-state index < -0.39 is 0 Å². The Bertz CT molecular complexity index is 183. The highest BCUT2D eigenvalue weighted by atomic mass is 15.1. The molecule has 13 heavy (non-hydrogen) atoms. The Hall–Kier alpha value is -0.340. The third-order valence-corrected chi connectivity index (χ3v) is 2.88. The molecule has 0 amide bonds. The minimum atomic E-state index is 0.170. The van der Waals surface area contributed by atoms with E-state index in [2.05, 4.69) is 25.5 Å². The van der Waals surface area contributed by atoms with Gasteiger partial charge in [0, 0.05) is 12.1 Å². The second-order valence-corrected chi connectivity index (χ2v) is 4.66. The van der Waals surface area contributed by atoms with Crippen LogP contribution >= 0.6 is 0 Å². The van der Waals surface area contributed by atoms with E-state index in [-0.39, 0.29) is 5.54 Å².